The van der Waals surface area contributed by atoms with Crippen molar-refractivity contribution in [2.75, 3.05) is 0 Å². The third-order valence-electron chi connectivity index (χ3n) is 3.28. The van der Waals surface area contributed by atoms with Gasteiger partial charge in [0.25, 0.3) is 0 Å². The van der Waals surface area contributed by atoms with Crippen LogP contribution in [-0.2, 0) is 0 Å². The van der Waals surface area contributed by atoms with E-state index in [-0.39, 0.29) is 58.7 Å². The lowest BCUT2D eigenvalue weighted by molar-refractivity contribution is 0.107. The number of phenols is 2. The van der Waals surface area contributed by atoms with Crippen molar-refractivity contribution < 1.29 is 29.4 Å². The van der Waals surface area contributed by atoms with Gasteiger partial charge in [-0.05, 0) is 6.07 Å². The molecule has 0 aliphatic heterocycles. The van der Waals surface area contributed by atoms with E-state index in [2.05, 4.69) is 0 Å². The molecule has 0 radical (unpaired) electrons. The highest BCUT2D eigenvalue weighted by Gasteiger charge is 2.25. The largest absolute Gasteiger partial charge is 0.507 e. The number of para-hydroxylation sites is 1. The van der Waals surface area contributed by atoms with Crippen LogP contribution < -0.4 is 0 Å². The van der Waals surface area contributed by atoms with Gasteiger partial charge in [0.15, 0.2) is 25.1 Å². The third kappa shape index (κ3) is 2.16. The Labute approximate surface area is 124 Å². The van der Waals surface area contributed by atoms with Crippen molar-refractivity contribution in [1.29, 1.82) is 0 Å². The SMILES string of the molecule is O=Cc1c(O)c(-c2ccccc2O)c(C=O)c(C=O)c1C=O. The fraction of sp³-hybridized carbons (Fsp3) is 0. The van der Waals surface area contributed by atoms with Gasteiger partial charge in [-0.1, -0.05) is 18.2 Å². The summed E-state index contributed by atoms with van der Waals surface area (Å²) < 4.78 is 0. The number of hydrogen-bond acceptors (Lipinski definition) is 6. The van der Waals surface area contributed by atoms with E-state index in [1.165, 1.54) is 24.3 Å². The van der Waals surface area contributed by atoms with Crippen LogP contribution in [0.3, 0.4) is 0 Å². The summed E-state index contributed by atoms with van der Waals surface area (Å²) in [7, 11) is 0. The Morgan fingerprint density at radius 1 is 0.682 bits per heavy atom. The number of carbonyl (C=O) groups is 4. The molecule has 6 nitrogen and oxygen atoms in total. The minimum Gasteiger partial charge on any atom is -0.507 e. The normalized spacial score (nSPS) is 10.0. The maximum atomic E-state index is 11.4. The Balaban J connectivity index is 3.05. The molecular weight excluding hydrogens is 288 g/mol. The molecule has 0 atom stereocenters. The lowest BCUT2D eigenvalue weighted by Crippen LogP contribution is -2.06. The Kier molecular flexibility index (Phi) is 4.13. The zero-order valence-electron chi connectivity index (χ0n) is 11.1. The van der Waals surface area contributed by atoms with Crippen molar-refractivity contribution in [2.24, 2.45) is 0 Å². The second-order valence-electron chi connectivity index (χ2n) is 4.37. The highest BCUT2D eigenvalue weighted by Crippen LogP contribution is 2.41. The van der Waals surface area contributed by atoms with Gasteiger partial charge in [0.1, 0.15) is 11.5 Å². The summed E-state index contributed by atoms with van der Waals surface area (Å²) in [6, 6.07) is 5.79. The molecule has 2 N–H and O–H groups in total. The molecule has 0 heterocycles. The van der Waals surface area contributed by atoms with Crippen molar-refractivity contribution in [3.63, 3.8) is 0 Å². The van der Waals surface area contributed by atoms with Crippen LogP contribution in [0.15, 0.2) is 24.3 Å². The minimum atomic E-state index is -0.647. The number of rotatable bonds is 5. The van der Waals surface area contributed by atoms with E-state index >= 15 is 0 Å². The fourth-order valence-electron chi connectivity index (χ4n) is 2.27. The van der Waals surface area contributed by atoms with Gasteiger partial charge >= 0.3 is 0 Å². The van der Waals surface area contributed by atoms with Gasteiger partial charge in [-0.2, -0.15) is 0 Å². The summed E-state index contributed by atoms with van der Waals surface area (Å²) >= 11 is 0. The Hall–Kier alpha value is -3.28. The first kappa shape index (κ1) is 15.1. The van der Waals surface area contributed by atoms with Gasteiger partial charge in [-0.25, -0.2) is 0 Å². The molecule has 6 heteroatoms. The van der Waals surface area contributed by atoms with Crippen molar-refractivity contribution in [1.82, 2.24) is 0 Å². The number of hydrogen-bond donors (Lipinski definition) is 2. The van der Waals surface area contributed by atoms with Crippen LogP contribution in [0, 0.1) is 0 Å². The molecule has 0 bridgehead atoms. The first-order valence-corrected chi connectivity index (χ1v) is 6.12. The first-order chi connectivity index (χ1) is 10.6. The summed E-state index contributed by atoms with van der Waals surface area (Å²) in [5.74, 6) is -0.903. The lowest BCUT2D eigenvalue weighted by atomic mass is 9.88. The van der Waals surface area contributed by atoms with Crippen LogP contribution in [0.2, 0.25) is 0 Å². The van der Waals surface area contributed by atoms with Crippen LogP contribution in [0.25, 0.3) is 11.1 Å². The van der Waals surface area contributed by atoms with Crippen molar-refractivity contribution >= 4 is 25.1 Å². The zero-order chi connectivity index (χ0) is 16.3. The average Bonchev–Trinajstić information content (AvgIpc) is 2.54. The molecule has 0 spiro atoms. The van der Waals surface area contributed by atoms with E-state index in [1.807, 2.05) is 0 Å². The van der Waals surface area contributed by atoms with Gasteiger partial charge in [0, 0.05) is 27.8 Å². The molecule has 0 aliphatic carbocycles. The molecule has 0 aliphatic rings. The van der Waals surface area contributed by atoms with E-state index in [4.69, 9.17) is 0 Å². The molecule has 2 aromatic rings. The van der Waals surface area contributed by atoms with Gasteiger partial charge in [0.2, 0.25) is 0 Å². The molecule has 110 valence electrons. The predicted octanol–water partition coefficient (Wildman–Crippen LogP) is 2.01. The molecule has 0 saturated heterocycles. The van der Waals surface area contributed by atoms with E-state index in [0.717, 1.165) is 0 Å². The van der Waals surface area contributed by atoms with Crippen molar-refractivity contribution in [3.8, 4) is 22.6 Å². The fourth-order valence-corrected chi connectivity index (χ4v) is 2.27. The molecule has 0 saturated carbocycles. The van der Waals surface area contributed by atoms with E-state index in [1.54, 1.807) is 0 Å². The van der Waals surface area contributed by atoms with Gasteiger partial charge in [0.05, 0.1) is 5.56 Å². The van der Waals surface area contributed by atoms with Crippen LogP contribution in [0.4, 0.5) is 0 Å². The quantitative estimate of drug-likeness (QED) is 0.817. The van der Waals surface area contributed by atoms with Crippen LogP contribution in [0.1, 0.15) is 41.4 Å². The summed E-state index contributed by atoms with van der Waals surface area (Å²) in [5, 5.41) is 20.1. The van der Waals surface area contributed by atoms with Gasteiger partial charge in [-0.3, -0.25) is 19.2 Å². The van der Waals surface area contributed by atoms with Gasteiger partial charge < -0.3 is 10.2 Å². The summed E-state index contributed by atoms with van der Waals surface area (Å²) in [5.41, 5.74) is -1.50. The average molecular weight is 298 g/mol. The third-order valence-corrected chi connectivity index (χ3v) is 3.28. The Bertz CT molecular complexity index is 792. The summed E-state index contributed by atoms with van der Waals surface area (Å²) in [4.78, 5) is 44.9. The minimum absolute atomic E-state index is 0.0609. The maximum absolute atomic E-state index is 11.4. The highest BCUT2D eigenvalue weighted by molar-refractivity contribution is 6.10. The molecule has 0 amide bonds. The van der Waals surface area contributed by atoms with Crippen molar-refractivity contribution in [2.45, 2.75) is 0 Å². The number of phenolic OH excluding ortho intramolecular Hbond substituents is 2. The topological polar surface area (TPSA) is 109 Å². The second-order valence-corrected chi connectivity index (χ2v) is 4.37. The Morgan fingerprint density at radius 2 is 1.18 bits per heavy atom. The molecular formula is C16H10O6. The van der Waals surface area contributed by atoms with Crippen LogP contribution in [-0.4, -0.2) is 35.4 Å². The first-order valence-electron chi connectivity index (χ1n) is 6.12. The number of benzene rings is 2. The number of carbonyl (C=O) groups excluding carboxylic acids is 4. The van der Waals surface area contributed by atoms with Crippen LogP contribution >= 0.6 is 0 Å². The molecule has 2 rings (SSSR count). The van der Waals surface area contributed by atoms with E-state index < -0.39 is 11.3 Å². The summed E-state index contributed by atoms with van der Waals surface area (Å²) in [6.07, 6.45) is 0.967. The molecule has 2 aromatic carbocycles. The van der Waals surface area contributed by atoms with Crippen LogP contribution in [0.5, 0.6) is 11.5 Å². The van der Waals surface area contributed by atoms with E-state index in [9.17, 15) is 29.4 Å². The predicted molar refractivity (Wildman–Crippen MR) is 76.8 cm³/mol. The smallest absolute Gasteiger partial charge is 0.154 e. The van der Waals surface area contributed by atoms with Gasteiger partial charge in [-0.15, -0.1) is 0 Å². The zero-order valence-corrected chi connectivity index (χ0v) is 11.1. The maximum Gasteiger partial charge on any atom is 0.154 e. The standard InChI is InChI=1S/C16H10O6/c17-5-10-11(6-18)13(8-20)16(22)15(12(10)7-19)9-3-1-2-4-14(9)21/h1-8,21-22H. The molecule has 22 heavy (non-hydrogen) atoms. The lowest BCUT2D eigenvalue weighted by Gasteiger charge is -2.15. The highest BCUT2D eigenvalue weighted by atomic mass is 16.3. The van der Waals surface area contributed by atoms with Crippen molar-refractivity contribution in [3.05, 3.63) is 46.5 Å². The summed E-state index contributed by atoms with van der Waals surface area (Å²) in [6.45, 7) is 0. The Morgan fingerprint density at radius 3 is 1.68 bits per heavy atom. The molecule has 0 fully saturated rings. The second kappa shape index (κ2) is 6.01. The monoisotopic (exact) mass is 298 g/mol. The number of aldehydes is 4. The molecule has 0 aromatic heterocycles. The van der Waals surface area contributed by atoms with E-state index in [0.29, 0.717) is 0 Å². The molecule has 0 unspecified atom stereocenters. The number of aromatic hydroxyl groups is 2.